The third-order valence-electron chi connectivity index (χ3n) is 4.35. The third-order valence-corrected chi connectivity index (χ3v) is 4.35. The van der Waals surface area contributed by atoms with E-state index in [-0.39, 0.29) is 5.69 Å². The van der Waals surface area contributed by atoms with Gasteiger partial charge < -0.3 is 24.7 Å². The van der Waals surface area contributed by atoms with Crippen LogP contribution in [0, 0.1) is 0 Å². The Hall–Kier alpha value is -3.48. The number of nitrogens with one attached hydrogen (secondary N) is 2. The molecule has 1 unspecified atom stereocenters. The highest BCUT2D eigenvalue weighted by atomic mass is 16.5. The topological polar surface area (TPSA) is 83.7 Å². The molecule has 0 radical (unpaired) electrons. The molecule has 0 spiro atoms. The van der Waals surface area contributed by atoms with Gasteiger partial charge >= 0.3 is 5.97 Å². The van der Waals surface area contributed by atoms with Gasteiger partial charge in [-0.25, -0.2) is 4.79 Å². The van der Waals surface area contributed by atoms with Crippen molar-refractivity contribution in [2.75, 3.05) is 31.4 Å². The zero-order valence-corrected chi connectivity index (χ0v) is 16.3. The van der Waals surface area contributed by atoms with Gasteiger partial charge in [-0.05, 0) is 49.4 Å². The van der Waals surface area contributed by atoms with Gasteiger partial charge in [0.2, 0.25) is 0 Å². The molecule has 1 heterocycles. The Morgan fingerprint density at radius 2 is 1.79 bits per heavy atom. The highest BCUT2D eigenvalue weighted by molar-refractivity contribution is 5.99. The second-order valence-electron chi connectivity index (χ2n) is 6.61. The van der Waals surface area contributed by atoms with Crippen molar-refractivity contribution < 1.29 is 19.1 Å². The number of amides is 1. The molecule has 0 fully saturated rings. The van der Waals surface area contributed by atoms with Crippen LogP contribution in [0.1, 0.15) is 17.4 Å². The van der Waals surface area contributed by atoms with Gasteiger partial charge in [-0.2, -0.15) is 0 Å². The fourth-order valence-electron chi connectivity index (χ4n) is 2.71. The minimum atomic E-state index is -0.943. The average molecular weight is 381 g/mol. The number of hydrogen-bond donors (Lipinski definition) is 2. The summed E-state index contributed by atoms with van der Waals surface area (Å²) < 4.78 is 10.5. The Morgan fingerprint density at radius 3 is 2.43 bits per heavy atom. The SMILES string of the molecule is COc1ccc2cc(C(=O)OC(C)C(=O)Nc3ccc(N(C)C)cc3)[nH]c2c1. The second kappa shape index (κ2) is 8.04. The lowest BCUT2D eigenvalue weighted by Gasteiger charge is -2.15. The summed E-state index contributed by atoms with van der Waals surface area (Å²) in [6.07, 6.45) is -0.943. The number of fused-ring (bicyclic) bond motifs is 1. The van der Waals surface area contributed by atoms with Gasteiger partial charge in [-0.1, -0.05) is 0 Å². The van der Waals surface area contributed by atoms with Crippen LogP contribution in [0.15, 0.2) is 48.5 Å². The van der Waals surface area contributed by atoms with E-state index < -0.39 is 18.0 Å². The molecule has 28 heavy (non-hydrogen) atoms. The number of nitrogens with zero attached hydrogens (tertiary/aromatic N) is 1. The van der Waals surface area contributed by atoms with E-state index in [9.17, 15) is 9.59 Å². The summed E-state index contributed by atoms with van der Waals surface area (Å²) in [5, 5.41) is 3.60. The first-order chi connectivity index (χ1) is 13.4. The number of esters is 1. The number of aromatic amines is 1. The first kappa shape index (κ1) is 19.3. The van der Waals surface area contributed by atoms with E-state index in [1.54, 1.807) is 31.4 Å². The summed E-state index contributed by atoms with van der Waals surface area (Å²) in [6.45, 7) is 1.53. The van der Waals surface area contributed by atoms with Gasteiger partial charge in [0, 0.05) is 42.4 Å². The normalized spacial score (nSPS) is 11.7. The van der Waals surface area contributed by atoms with Crippen LogP contribution >= 0.6 is 0 Å². The number of ether oxygens (including phenoxy) is 2. The van der Waals surface area contributed by atoms with Gasteiger partial charge in [-0.3, -0.25) is 4.79 Å². The van der Waals surface area contributed by atoms with Crippen molar-refractivity contribution in [3.05, 3.63) is 54.2 Å². The van der Waals surface area contributed by atoms with Gasteiger partial charge in [0.1, 0.15) is 11.4 Å². The fraction of sp³-hybridized carbons (Fsp3) is 0.238. The van der Waals surface area contributed by atoms with E-state index in [0.717, 1.165) is 16.6 Å². The van der Waals surface area contributed by atoms with Crippen LogP contribution in [0.2, 0.25) is 0 Å². The lowest BCUT2D eigenvalue weighted by atomic mass is 10.2. The van der Waals surface area contributed by atoms with Crippen molar-refractivity contribution in [3.63, 3.8) is 0 Å². The molecular formula is C21H23N3O4. The molecule has 3 aromatic rings. The Bertz CT molecular complexity index is 993. The highest BCUT2D eigenvalue weighted by Crippen LogP contribution is 2.22. The molecule has 2 N–H and O–H groups in total. The Morgan fingerprint density at radius 1 is 1.07 bits per heavy atom. The zero-order chi connectivity index (χ0) is 20.3. The minimum Gasteiger partial charge on any atom is -0.497 e. The van der Waals surface area contributed by atoms with Crippen molar-refractivity contribution in [2.24, 2.45) is 0 Å². The van der Waals surface area contributed by atoms with Crippen LogP contribution in [-0.2, 0) is 9.53 Å². The lowest BCUT2D eigenvalue weighted by Crippen LogP contribution is -2.30. The molecular weight excluding hydrogens is 358 g/mol. The third kappa shape index (κ3) is 4.25. The highest BCUT2D eigenvalue weighted by Gasteiger charge is 2.20. The van der Waals surface area contributed by atoms with Gasteiger partial charge in [0.25, 0.3) is 5.91 Å². The largest absolute Gasteiger partial charge is 0.497 e. The lowest BCUT2D eigenvalue weighted by molar-refractivity contribution is -0.123. The monoisotopic (exact) mass is 381 g/mol. The second-order valence-corrected chi connectivity index (χ2v) is 6.61. The number of hydrogen-bond acceptors (Lipinski definition) is 5. The van der Waals surface area contributed by atoms with E-state index in [0.29, 0.717) is 11.4 Å². The summed E-state index contributed by atoms with van der Waals surface area (Å²) in [5.74, 6) is -0.313. The molecule has 1 aromatic heterocycles. The smallest absolute Gasteiger partial charge is 0.355 e. The van der Waals surface area contributed by atoms with Crippen LogP contribution in [0.25, 0.3) is 10.9 Å². The van der Waals surface area contributed by atoms with Crippen LogP contribution in [0.4, 0.5) is 11.4 Å². The molecule has 1 atom stereocenters. The molecule has 0 aliphatic rings. The molecule has 7 nitrogen and oxygen atoms in total. The molecule has 0 aliphatic heterocycles. The van der Waals surface area contributed by atoms with Crippen LogP contribution in [0.5, 0.6) is 5.75 Å². The molecule has 7 heteroatoms. The van der Waals surface area contributed by atoms with E-state index in [2.05, 4.69) is 10.3 Å². The number of rotatable bonds is 6. The van der Waals surface area contributed by atoms with Crippen molar-refractivity contribution in [2.45, 2.75) is 13.0 Å². The standard InChI is InChI=1S/C21H23N3O4/c1-13(20(25)22-15-6-8-16(9-7-15)24(2)3)28-21(26)19-11-14-5-10-17(27-4)12-18(14)23-19/h5-13,23H,1-4H3,(H,22,25). The number of methoxy groups -OCH3 is 1. The Labute approximate surface area is 163 Å². The van der Waals surface area contributed by atoms with E-state index in [1.165, 1.54) is 6.92 Å². The van der Waals surface area contributed by atoms with Crippen molar-refractivity contribution >= 4 is 34.2 Å². The molecule has 146 valence electrons. The zero-order valence-electron chi connectivity index (χ0n) is 16.3. The fourth-order valence-corrected chi connectivity index (χ4v) is 2.71. The number of H-pyrrole nitrogens is 1. The molecule has 0 saturated carbocycles. The summed E-state index contributed by atoms with van der Waals surface area (Å²) in [6, 6.07) is 14.5. The maximum absolute atomic E-state index is 12.4. The predicted molar refractivity (Wildman–Crippen MR) is 109 cm³/mol. The van der Waals surface area contributed by atoms with Crippen LogP contribution in [0.3, 0.4) is 0 Å². The summed E-state index contributed by atoms with van der Waals surface area (Å²) in [4.78, 5) is 29.7. The van der Waals surface area contributed by atoms with E-state index in [4.69, 9.17) is 9.47 Å². The van der Waals surface area contributed by atoms with E-state index >= 15 is 0 Å². The first-order valence-corrected chi connectivity index (χ1v) is 8.83. The van der Waals surface area contributed by atoms with Crippen molar-refractivity contribution in [1.29, 1.82) is 0 Å². The van der Waals surface area contributed by atoms with Gasteiger partial charge in [0.15, 0.2) is 6.10 Å². The quantitative estimate of drug-likeness (QED) is 0.639. The molecule has 0 saturated heterocycles. The molecule has 0 aliphatic carbocycles. The summed E-state index contributed by atoms with van der Waals surface area (Å²) in [7, 11) is 5.46. The van der Waals surface area contributed by atoms with Crippen LogP contribution < -0.4 is 15.0 Å². The van der Waals surface area contributed by atoms with E-state index in [1.807, 2.05) is 43.3 Å². The van der Waals surface area contributed by atoms with Crippen molar-refractivity contribution in [3.8, 4) is 5.75 Å². The maximum Gasteiger partial charge on any atom is 0.355 e. The molecule has 3 rings (SSSR count). The summed E-state index contributed by atoms with van der Waals surface area (Å²) >= 11 is 0. The Kier molecular flexibility index (Phi) is 5.54. The first-order valence-electron chi connectivity index (χ1n) is 8.83. The minimum absolute atomic E-state index is 0.276. The van der Waals surface area contributed by atoms with Gasteiger partial charge in [0.05, 0.1) is 7.11 Å². The van der Waals surface area contributed by atoms with Crippen molar-refractivity contribution in [1.82, 2.24) is 4.98 Å². The summed E-state index contributed by atoms with van der Waals surface area (Å²) in [5.41, 5.74) is 2.69. The number of carbonyl (C=O) groups is 2. The number of carbonyl (C=O) groups excluding carboxylic acids is 2. The Balaban J connectivity index is 1.63. The average Bonchev–Trinajstić information content (AvgIpc) is 3.11. The number of benzene rings is 2. The molecule has 0 bridgehead atoms. The van der Waals surface area contributed by atoms with Gasteiger partial charge in [-0.15, -0.1) is 0 Å². The number of anilines is 2. The molecule has 2 aromatic carbocycles. The maximum atomic E-state index is 12.4. The van der Waals surface area contributed by atoms with Crippen LogP contribution in [-0.4, -0.2) is 44.2 Å². The number of aromatic nitrogens is 1. The predicted octanol–water partition coefficient (Wildman–Crippen LogP) is 3.43. The molecule has 1 amide bonds.